The number of fused-ring (bicyclic) bond motifs is 2. The van der Waals surface area contributed by atoms with Gasteiger partial charge >= 0.3 is 0 Å². The highest BCUT2D eigenvalue weighted by atomic mass is 35.5. The highest BCUT2D eigenvalue weighted by Gasteiger charge is 2.41. The standard InChI is InChI=1S/C12H14ClNO/c13-10-3-6-14-11-9(10)2-1-4-12(11)5-7-15-8-12/h3,6H,1-2,4-5,7-8H2. The fourth-order valence-corrected chi connectivity index (χ4v) is 3.12. The van der Waals surface area contributed by atoms with Crippen molar-refractivity contribution in [2.45, 2.75) is 31.1 Å². The number of aromatic nitrogens is 1. The minimum absolute atomic E-state index is 0.179. The molecule has 1 aliphatic heterocycles. The highest BCUT2D eigenvalue weighted by molar-refractivity contribution is 6.31. The summed E-state index contributed by atoms with van der Waals surface area (Å²) >= 11 is 6.22. The van der Waals surface area contributed by atoms with Gasteiger partial charge in [0.1, 0.15) is 0 Å². The number of nitrogens with zero attached hydrogens (tertiary/aromatic N) is 1. The molecule has 0 aromatic carbocycles. The normalized spacial score (nSPS) is 29.4. The van der Waals surface area contributed by atoms with Crippen molar-refractivity contribution in [3.8, 4) is 0 Å². The van der Waals surface area contributed by atoms with Crippen molar-refractivity contribution in [2.24, 2.45) is 0 Å². The Morgan fingerprint density at radius 2 is 2.33 bits per heavy atom. The quantitative estimate of drug-likeness (QED) is 0.675. The fraction of sp³-hybridized carbons (Fsp3) is 0.583. The molecule has 2 heterocycles. The lowest BCUT2D eigenvalue weighted by molar-refractivity contribution is 0.170. The molecule has 2 nitrogen and oxygen atoms in total. The van der Waals surface area contributed by atoms with Crippen molar-refractivity contribution in [2.75, 3.05) is 13.2 Å². The van der Waals surface area contributed by atoms with Crippen molar-refractivity contribution in [3.63, 3.8) is 0 Å². The number of pyridine rings is 1. The van der Waals surface area contributed by atoms with Crippen LogP contribution in [-0.4, -0.2) is 18.2 Å². The van der Waals surface area contributed by atoms with Gasteiger partial charge in [0.15, 0.2) is 0 Å². The lowest BCUT2D eigenvalue weighted by Crippen LogP contribution is -2.32. The maximum absolute atomic E-state index is 6.22. The highest BCUT2D eigenvalue weighted by Crippen LogP contribution is 2.43. The third-order valence-corrected chi connectivity index (χ3v) is 4.04. The summed E-state index contributed by atoms with van der Waals surface area (Å²) in [5.74, 6) is 0. The fourth-order valence-electron chi connectivity index (χ4n) is 2.88. The SMILES string of the molecule is Clc1ccnc2c1CCCC21CCOC1. The van der Waals surface area contributed by atoms with Gasteiger partial charge in [0.25, 0.3) is 0 Å². The van der Waals surface area contributed by atoms with E-state index in [2.05, 4.69) is 4.98 Å². The van der Waals surface area contributed by atoms with Crippen LogP contribution in [0, 0.1) is 0 Å². The second-order valence-corrected chi connectivity index (χ2v) is 4.96. The lowest BCUT2D eigenvalue weighted by Gasteiger charge is -2.33. The summed E-state index contributed by atoms with van der Waals surface area (Å²) in [7, 11) is 0. The van der Waals surface area contributed by atoms with Crippen molar-refractivity contribution < 1.29 is 4.74 Å². The third-order valence-electron chi connectivity index (χ3n) is 3.69. The molecule has 80 valence electrons. The largest absolute Gasteiger partial charge is 0.380 e. The first-order valence-corrected chi connectivity index (χ1v) is 5.91. The molecule has 3 rings (SSSR count). The van der Waals surface area contributed by atoms with E-state index in [1.807, 2.05) is 12.3 Å². The van der Waals surface area contributed by atoms with E-state index < -0.39 is 0 Å². The Hall–Kier alpha value is -0.600. The summed E-state index contributed by atoms with van der Waals surface area (Å²) in [6.45, 7) is 1.70. The molecule has 2 aliphatic rings. The van der Waals surface area contributed by atoms with Crippen LogP contribution in [-0.2, 0) is 16.6 Å². The minimum Gasteiger partial charge on any atom is -0.380 e. The zero-order valence-electron chi connectivity index (χ0n) is 8.63. The Bertz CT molecular complexity index is 385. The minimum atomic E-state index is 0.179. The zero-order valence-corrected chi connectivity index (χ0v) is 9.39. The van der Waals surface area contributed by atoms with Gasteiger partial charge in [-0.2, -0.15) is 0 Å². The Kier molecular flexibility index (Phi) is 2.22. The Morgan fingerprint density at radius 1 is 1.40 bits per heavy atom. The first-order valence-electron chi connectivity index (χ1n) is 5.53. The second kappa shape index (κ2) is 3.46. The molecule has 1 spiro atoms. The Labute approximate surface area is 94.6 Å². The maximum atomic E-state index is 6.22. The van der Waals surface area contributed by atoms with Gasteiger partial charge in [-0.1, -0.05) is 11.6 Å². The van der Waals surface area contributed by atoms with Gasteiger partial charge in [-0.25, -0.2) is 0 Å². The van der Waals surface area contributed by atoms with Crippen LogP contribution >= 0.6 is 11.6 Å². The van der Waals surface area contributed by atoms with Crippen molar-refractivity contribution in [1.29, 1.82) is 0 Å². The van der Waals surface area contributed by atoms with Gasteiger partial charge in [-0.05, 0) is 37.3 Å². The molecule has 1 atom stereocenters. The molecular weight excluding hydrogens is 210 g/mol. The first kappa shape index (κ1) is 9.61. The van der Waals surface area contributed by atoms with Crippen LogP contribution < -0.4 is 0 Å². The number of rotatable bonds is 0. The molecule has 0 bridgehead atoms. The summed E-state index contributed by atoms with van der Waals surface area (Å²) in [6, 6.07) is 1.90. The Morgan fingerprint density at radius 3 is 3.13 bits per heavy atom. The lowest BCUT2D eigenvalue weighted by atomic mass is 9.72. The van der Waals surface area contributed by atoms with E-state index in [9.17, 15) is 0 Å². The van der Waals surface area contributed by atoms with Crippen LogP contribution in [0.4, 0.5) is 0 Å². The van der Waals surface area contributed by atoms with Crippen LogP contribution in [0.3, 0.4) is 0 Å². The van der Waals surface area contributed by atoms with Crippen LogP contribution in [0.5, 0.6) is 0 Å². The zero-order chi connectivity index (χ0) is 10.3. The van der Waals surface area contributed by atoms with Crippen LogP contribution in [0.15, 0.2) is 12.3 Å². The summed E-state index contributed by atoms with van der Waals surface area (Å²) in [5, 5.41) is 0.881. The summed E-state index contributed by atoms with van der Waals surface area (Å²) in [5.41, 5.74) is 2.65. The van der Waals surface area contributed by atoms with E-state index >= 15 is 0 Å². The number of ether oxygens (including phenoxy) is 1. The monoisotopic (exact) mass is 223 g/mol. The van der Waals surface area contributed by atoms with Crippen LogP contribution in [0.25, 0.3) is 0 Å². The van der Waals surface area contributed by atoms with Crippen molar-refractivity contribution in [1.82, 2.24) is 4.98 Å². The van der Waals surface area contributed by atoms with E-state index in [-0.39, 0.29) is 5.41 Å². The van der Waals surface area contributed by atoms with Gasteiger partial charge in [0, 0.05) is 23.2 Å². The Balaban J connectivity index is 2.14. The summed E-state index contributed by atoms with van der Waals surface area (Å²) < 4.78 is 5.55. The van der Waals surface area contributed by atoms with E-state index in [0.29, 0.717) is 0 Å². The number of hydrogen-bond acceptors (Lipinski definition) is 2. The van der Waals surface area contributed by atoms with Gasteiger partial charge < -0.3 is 4.74 Å². The molecule has 1 aliphatic carbocycles. The van der Waals surface area contributed by atoms with E-state index in [4.69, 9.17) is 16.3 Å². The topological polar surface area (TPSA) is 22.1 Å². The predicted molar refractivity (Wildman–Crippen MR) is 59.3 cm³/mol. The molecule has 1 saturated heterocycles. The molecule has 1 fully saturated rings. The molecular formula is C12H14ClNO. The van der Waals surface area contributed by atoms with Crippen LogP contribution in [0.1, 0.15) is 30.5 Å². The smallest absolute Gasteiger partial charge is 0.0579 e. The first-order chi connectivity index (χ1) is 7.32. The molecule has 0 N–H and O–H groups in total. The van der Waals surface area contributed by atoms with E-state index in [1.54, 1.807) is 0 Å². The van der Waals surface area contributed by atoms with E-state index in [0.717, 1.165) is 31.1 Å². The van der Waals surface area contributed by atoms with Gasteiger partial charge in [-0.15, -0.1) is 0 Å². The average molecular weight is 224 g/mol. The molecule has 15 heavy (non-hydrogen) atoms. The maximum Gasteiger partial charge on any atom is 0.0579 e. The molecule has 3 heteroatoms. The van der Waals surface area contributed by atoms with E-state index in [1.165, 1.54) is 24.1 Å². The van der Waals surface area contributed by atoms with Gasteiger partial charge in [0.2, 0.25) is 0 Å². The molecule has 0 amide bonds. The average Bonchev–Trinajstić information content (AvgIpc) is 2.70. The summed E-state index contributed by atoms with van der Waals surface area (Å²) in [4.78, 5) is 4.55. The number of halogens is 1. The summed E-state index contributed by atoms with van der Waals surface area (Å²) in [6.07, 6.45) is 6.42. The molecule has 1 unspecified atom stereocenters. The van der Waals surface area contributed by atoms with Crippen molar-refractivity contribution >= 4 is 11.6 Å². The number of hydrogen-bond donors (Lipinski definition) is 0. The molecule has 0 radical (unpaired) electrons. The molecule has 0 saturated carbocycles. The predicted octanol–water partition coefficient (Wildman–Crippen LogP) is 2.73. The molecule has 1 aromatic heterocycles. The molecule has 1 aromatic rings. The third kappa shape index (κ3) is 1.39. The van der Waals surface area contributed by atoms with Gasteiger partial charge in [-0.3, -0.25) is 4.98 Å². The van der Waals surface area contributed by atoms with Gasteiger partial charge in [0.05, 0.1) is 12.3 Å². The van der Waals surface area contributed by atoms with Crippen molar-refractivity contribution in [3.05, 3.63) is 28.5 Å². The van der Waals surface area contributed by atoms with Crippen LogP contribution in [0.2, 0.25) is 5.02 Å². The second-order valence-electron chi connectivity index (χ2n) is 4.56.